The van der Waals surface area contributed by atoms with Crippen LogP contribution in [0.1, 0.15) is 6.42 Å². The molecule has 0 aromatic heterocycles. The Labute approximate surface area is 152 Å². The number of anilines is 1. The van der Waals surface area contributed by atoms with Crippen molar-refractivity contribution in [2.45, 2.75) is 6.42 Å². The highest BCUT2D eigenvalue weighted by Crippen LogP contribution is 2.24. The SMILES string of the molecule is COc1ccc(OCC(=O)NC[C@H]2CC(=O)N(c3ccccc3)C2)cc1. The van der Waals surface area contributed by atoms with Crippen molar-refractivity contribution in [3.05, 3.63) is 54.6 Å². The van der Waals surface area contributed by atoms with Gasteiger partial charge in [0, 0.05) is 31.1 Å². The highest BCUT2D eigenvalue weighted by atomic mass is 16.5. The van der Waals surface area contributed by atoms with Gasteiger partial charge in [0.05, 0.1) is 7.11 Å². The molecule has 3 rings (SSSR count). The molecule has 1 aliphatic rings. The Morgan fingerprint density at radius 2 is 1.81 bits per heavy atom. The van der Waals surface area contributed by atoms with Crippen molar-refractivity contribution in [3.8, 4) is 11.5 Å². The molecule has 0 spiro atoms. The molecular formula is C20H22N2O4. The van der Waals surface area contributed by atoms with Crippen LogP contribution in [0.2, 0.25) is 0 Å². The number of benzene rings is 2. The van der Waals surface area contributed by atoms with E-state index in [-0.39, 0.29) is 24.3 Å². The largest absolute Gasteiger partial charge is 0.497 e. The zero-order chi connectivity index (χ0) is 18.4. The van der Waals surface area contributed by atoms with Crippen molar-refractivity contribution in [3.63, 3.8) is 0 Å². The zero-order valence-corrected chi connectivity index (χ0v) is 14.7. The van der Waals surface area contributed by atoms with Gasteiger partial charge in [-0.25, -0.2) is 0 Å². The van der Waals surface area contributed by atoms with Crippen molar-refractivity contribution in [1.29, 1.82) is 0 Å². The average molecular weight is 354 g/mol. The topological polar surface area (TPSA) is 67.9 Å². The van der Waals surface area contributed by atoms with Crippen LogP contribution in [0.15, 0.2) is 54.6 Å². The van der Waals surface area contributed by atoms with Gasteiger partial charge in [-0.3, -0.25) is 9.59 Å². The number of amides is 2. The molecule has 6 nitrogen and oxygen atoms in total. The maximum atomic E-state index is 12.2. The van der Waals surface area contributed by atoms with Gasteiger partial charge in [-0.2, -0.15) is 0 Å². The first-order chi connectivity index (χ1) is 12.7. The Balaban J connectivity index is 1.42. The fourth-order valence-corrected chi connectivity index (χ4v) is 2.91. The number of carbonyl (C=O) groups is 2. The summed E-state index contributed by atoms with van der Waals surface area (Å²) in [7, 11) is 1.59. The lowest BCUT2D eigenvalue weighted by molar-refractivity contribution is -0.123. The summed E-state index contributed by atoms with van der Waals surface area (Å²) in [5, 5.41) is 2.84. The number of methoxy groups -OCH3 is 1. The number of para-hydroxylation sites is 1. The van der Waals surface area contributed by atoms with Gasteiger partial charge in [0.2, 0.25) is 5.91 Å². The first kappa shape index (κ1) is 17.8. The minimum absolute atomic E-state index is 0.0601. The Bertz CT molecular complexity index is 746. The van der Waals surface area contributed by atoms with Crippen molar-refractivity contribution in [1.82, 2.24) is 5.32 Å². The summed E-state index contributed by atoms with van der Waals surface area (Å²) in [6.07, 6.45) is 0.439. The van der Waals surface area contributed by atoms with E-state index in [9.17, 15) is 9.59 Å². The standard InChI is InChI=1S/C20H22N2O4/c1-25-17-7-9-18(10-8-17)26-14-19(23)21-12-15-11-20(24)22(13-15)16-5-3-2-4-6-16/h2-10,15H,11-14H2,1H3,(H,21,23)/t15-/m1/s1. The van der Waals surface area contributed by atoms with E-state index in [4.69, 9.17) is 9.47 Å². The summed E-state index contributed by atoms with van der Waals surface area (Å²) in [5.41, 5.74) is 0.897. The maximum Gasteiger partial charge on any atom is 0.257 e. The Hall–Kier alpha value is -3.02. The number of nitrogens with zero attached hydrogens (tertiary/aromatic N) is 1. The maximum absolute atomic E-state index is 12.2. The van der Waals surface area contributed by atoms with E-state index >= 15 is 0 Å². The Kier molecular flexibility index (Phi) is 5.73. The third-order valence-corrected chi connectivity index (χ3v) is 4.29. The van der Waals surface area contributed by atoms with E-state index in [1.54, 1.807) is 36.3 Å². The van der Waals surface area contributed by atoms with Crippen molar-refractivity contribution >= 4 is 17.5 Å². The number of hydrogen-bond acceptors (Lipinski definition) is 4. The van der Waals surface area contributed by atoms with E-state index in [0.29, 0.717) is 25.3 Å². The molecule has 0 aliphatic carbocycles. The molecule has 136 valence electrons. The lowest BCUT2D eigenvalue weighted by Gasteiger charge is -2.17. The van der Waals surface area contributed by atoms with Crippen molar-refractivity contribution < 1.29 is 19.1 Å². The minimum Gasteiger partial charge on any atom is -0.497 e. The van der Waals surface area contributed by atoms with Gasteiger partial charge >= 0.3 is 0 Å². The normalized spacial score (nSPS) is 16.4. The minimum atomic E-state index is -0.202. The monoisotopic (exact) mass is 354 g/mol. The third-order valence-electron chi connectivity index (χ3n) is 4.29. The number of carbonyl (C=O) groups excluding carboxylic acids is 2. The molecular weight excluding hydrogens is 332 g/mol. The number of ether oxygens (including phenoxy) is 2. The van der Waals surface area contributed by atoms with Crippen LogP contribution in [-0.2, 0) is 9.59 Å². The summed E-state index contributed by atoms with van der Waals surface area (Å²) < 4.78 is 10.5. The number of rotatable bonds is 7. The van der Waals surface area contributed by atoms with Gasteiger partial charge in [0.15, 0.2) is 6.61 Å². The first-order valence-electron chi connectivity index (χ1n) is 8.54. The van der Waals surface area contributed by atoms with Crippen LogP contribution in [0.3, 0.4) is 0 Å². The Morgan fingerprint density at radius 1 is 1.12 bits per heavy atom. The molecule has 1 N–H and O–H groups in total. The number of nitrogens with one attached hydrogen (secondary N) is 1. The van der Waals surface area contributed by atoms with E-state index < -0.39 is 0 Å². The predicted molar refractivity (Wildman–Crippen MR) is 98.4 cm³/mol. The summed E-state index contributed by atoms with van der Waals surface area (Å²) in [6, 6.07) is 16.6. The zero-order valence-electron chi connectivity index (χ0n) is 14.7. The lowest BCUT2D eigenvalue weighted by atomic mass is 10.1. The van der Waals surface area contributed by atoms with E-state index in [2.05, 4.69) is 5.32 Å². The second kappa shape index (κ2) is 8.38. The van der Waals surface area contributed by atoms with Crippen LogP contribution >= 0.6 is 0 Å². The summed E-state index contributed by atoms with van der Waals surface area (Å²) in [5.74, 6) is 1.33. The molecule has 1 saturated heterocycles. The predicted octanol–water partition coefficient (Wildman–Crippen LogP) is 2.24. The van der Waals surface area contributed by atoms with Crippen molar-refractivity contribution in [2.24, 2.45) is 5.92 Å². The molecule has 0 radical (unpaired) electrons. The summed E-state index contributed by atoms with van der Waals surface area (Å²) in [6.45, 7) is 1.01. The molecule has 1 atom stereocenters. The fraction of sp³-hybridized carbons (Fsp3) is 0.300. The summed E-state index contributed by atoms with van der Waals surface area (Å²) in [4.78, 5) is 25.9. The average Bonchev–Trinajstić information content (AvgIpc) is 3.06. The quantitative estimate of drug-likeness (QED) is 0.828. The molecule has 1 aliphatic heterocycles. The van der Waals surface area contributed by atoms with E-state index in [1.165, 1.54) is 0 Å². The highest BCUT2D eigenvalue weighted by molar-refractivity contribution is 5.95. The van der Waals surface area contributed by atoms with Crippen LogP contribution in [0.5, 0.6) is 11.5 Å². The van der Waals surface area contributed by atoms with E-state index in [0.717, 1.165) is 11.4 Å². The second-order valence-corrected chi connectivity index (χ2v) is 6.18. The molecule has 1 heterocycles. The van der Waals surface area contributed by atoms with Gasteiger partial charge in [0.1, 0.15) is 11.5 Å². The van der Waals surface area contributed by atoms with E-state index in [1.807, 2.05) is 30.3 Å². The van der Waals surface area contributed by atoms with Crippen LogP contribution < -0.4 is 19.7 Å². The molecule has 2 amide bonds. The Morgan fingerprint density at radius 3 is 2.50 bits per heavy atom. The van der Waals surface area contributed by atoms with Crippen LogP contribution in [-0.4, -0.2) is 38.6 Å². The van der Waals surface area contributed by atoms with Gasteiger partial charge in [-0.05, 0) is 36.4 Å². The molecule has 2 aromatic carbocycles. The molecule has 0 saturated carbocycles. The molecule has 2 aromatic rings. The van der Waals surface area contributed by atoms with Crippen LogP contribution in [0.25, 0.3) is 0 Å². The van der Waals surface area contributed by atoms with Gasteiger partial charge in [-0.1, -0.05) is 18.2 Å². The van der Waals surface area contributed by atoms with Crippen molar-refractivity contribution in [2.75, 3.05) is 31.7 Å². The molecule has 0 unspecified atom stereocenters. The number of hydrogen-bond donors (Lipinski definition) is 1. The molecule has 0 bridgehead atoms. The highest BCUT2D eigenvalue weighted by Gasteiger charge is 2.30. The molecule has 1 fully saturated rings. The smallest absolute Gasteiger partial charge is 0.257 e. The van der Waals surface area contributed by atoms with Gasteiger partial charge in [0.25, 0.3) is 5.91 Å². The van der Waals surface area contributed by atoms with Gasteiger partial charge < -0.3 is 19.7 Å². The first-order valence-corrected chi connectivity index (χ1v) is 8.54. The molecule has 26 heavy (non-hydrogen) atoms. The second-order valence-electron chi connectivity index (χ2n) is 6.18. The van der Waals surface area contributed by atoms with Gasteiger partial charge in [-0.15, -0.1) is 0 Å². The lowest BCUT2D eigenvalue weighted by Crippen LogP contribution is -2.34. The molecule has 6 heteroatoms. The van der Waals surface area contributed by atoms with Crippen LogP contribution in [0.4, 0.5) is 5.69 Å². The third kappa shape index (κ3) is 4.53. The fourth-order valence-electron chi connectivity index (χ4n) is 2.91. The summed E-state index contributed by atoms with van der Waals surface area (Å²) >= 11 is 0. The van der Waals surface area contributed by atoms with Crippen LogP contribution in [0, 0.1) is 5.92 Å².